The van der Waals surface area contributed by atoms with Crippen LogP contribution in [0.25, 0.3) is 0 Å². The van der Waals surface area contributed by atoms with Crippen molar-refractivity contribution >= 4 is 6.29 Å². The molecule has 0 aromatic heterocycles. The van der Waals surface area contributed by atoms with Gasteiger partial charge in [0, 0.05) is 12.0 Å². The van der Waals surface area contributed by atoms with Crippen molar-refractivity contribution in [1.82, 2.24) is 0 Å². The highest BCUT2D eigenvalue weighted by molar-refractivity contribution is 5.53. The fourth-order valence-electron chi connectivity index (χ4n) is 1.39. The number of hydrogen-bond donors (Lipinski definition) is 1. The molecule has 2 N–H and O–H groups in total. The van der Waals surface area contributed by atoms with Gasteiger partial charge in [0.15, 0.2) is 0 Å². The number of aldehydes is 1. The maximum Gasteiger partial charge on any atom is 0.123 e. The summed E-state index contributed by atoms with van der Waals surface area (Å²) in [5, 5.41) is 0. The molecule has 0 aromatic rings. The van der Waals surface area contributed by atoms with Crippen molar-refractivity contribution < 1.29 is 4.79 Å². The maximum absolute atomic E-state index is 10.2. The average Bonchev–Trinajstić information content (AvgIpc) is 1.88. The van der Waals surface area contributed by atoms with Gasteiger partial charge < -0.3 is 10.5 Å². The standard InChI is InChI=1S/C7H13NO/c8-7-3-1-2-6(4-7)5-9/h5-7H,1-4,8H2/t6-,7?/m1/s1. The maximum atomic E-state index is 10.2. The molecule has 0 aromatic carbocycles. The number of hydrogen-bond acceptors (Lipinski definition) is 2. The van der Waals surface area contributed by atoms with E-state index in [0.29, 0.717) is 0 Å². The van der Waals surface area contributed by atoms with Crippen molar-refractivity contribution in [3.63, 3.8) is 0 Å². The first-order chi connectivity index (χ1) is 4.33. The van der Waals surface area contributed by atoms with Gasteiger partial charge in [-0.05, 0) is 19.3 Å². The van der Waals surface area contributed by atoms with Crippen molar-refractivity contribution in [2.24, 2.45) is 11.7 Å². The number of rotatable bonds is 1. The van der Waals surface area contributed by atoms with Crippen LogP contribution in [0.15, 0.2) is 0 Å². The molecule has 2 atom stereocenters. The zero-order valence-electron chi connectivity index (χ0n) is 5.55. The third-order valence-corrected chi connectivity index (χ3v) is 1.95. The Morgan fingerprint density at radius 2 is 2.22 bits per heavy atom. The second kappa shape index (κ2) is 2.97. The Balaban J connectivity index is 2.31. The fraction of sp³-hybridized carbons (Fsp3) is 0.857. The van der Waals surface area contributed by atoms with Crippen molar-refractivity contribution in [3.05, 3.63) is 0 Å². The van der Waals surface area contributed by atoms with E-state index in [4.69, 9.17) is 5.73 Å². The van der Waals surface area contributed by atoms with Crippen LogP contribution in [-0.2, 0) is 4.79 Å². The Morgan fingerprint density at radius 3 is 2.67 bits per heavy atom. The summed E-state index contributed by atoms with van der Waals surface area (Å²) < 4.78 is 0. The highest BCUT2D eigenvalue weighted by Crippen LogP contribution is 2.20. The van der Waals surface area contributed by atoms with Crippen molar-refractivity contribution in [1.29, 1.82) is 0 Å². The van der Waals surface area contributed by atoms with E-state index in [9.17, 15) is 4.79 Å². The van der Waals surface area contributed by atoms with Gasteiger partial charge in [0.2, 0.25) is 0 Å². The minimum Gasteiger partial charge on any atom is -0.328 e. The lowest BCUT2D eigenvalue weighted by atomic mass is 9.87. The topological polar surface area (TPSA) is 43.1 Å². The Kier molecular flexibility index (Phi) is 2.22. The van der Waals surface area contributed by atoms with Crippen LogP contribution in [0.3, 0.4) is 0 Å². The van der Waals surface area contributed by atoms with Gasteiger partial charge in [0.05, 0.1) is 0 Å². The van der Waals surface area contributed by atoms with E-state index >= 15 is 0 Å². The Morgan fingerprint density at radius 1 is 1.44 bits per heavy atom. The van der Waals surface area contributed by atoms with Gasteiger partial charge in [-0.3, -0.25) is 0 Å². The first kappa shape index (κ1) is 6.75. The first-order valence-electron chi connectivity index (χ1n) is 3.54. The van der Waals surface area contributed by atoms with Crippen LogP contribution >= 0.6 is 0 Å². The summed E-state index contributed by atoms with van der Waals surface area (Å²) in [5.74, 6) is 0.258. The molecule has 0 radical (unpaired) electrons. The van der Waals surface area contributed by atoms with E-state index in [0.717, 1.165) is 32.0 Å². The fourth-order valence-corrected chi connectivity index (χ4v) is 1.39. The summed E-state index contributed by atoms with van der Waals surface area (Å²) in [6.07, 6.45) is 5.23. The van der Waals surface area contributed by atoms with E-state index in [2.05, 4.69) is 0 Å². The van der Waals surface area contributed by atoms with Gasteiger partial charge in [-0.25, -0.2) is 0 Å². The molecule has 1 rings (SSSR count). The number of nitrogens with two attached hydrogens (primary N) is 1. The van der Waals surface area contributed by atoms with Gasteiger partial charge in [0.25, 0.3) is 0 Å². The number of carbonyl (C=O) groups excluding carboxylic acids is 1. The van der Waals surface area contributed by atoms with Crippen LogP contribution in [-0.4, -0.2) is 12.3 Å². The molecular weight excluding hydrogens is 114 g/mol. The quantitative estimate of drug-likeness (QED) is 0.527. The summed E-state index contributed by atoms with van der Waals surface area (Å²) >= 11 is 0. The Hall–Kier alpha value is -0.370. The molecule has 1 unspecified atom stereocenters. The second-order valence-corrected chi connectivity index (χ2v) is 2.82. The molecule has 0 spiro atoms. The highest BCUT2D eigenvalue weighted by Gasteiger charge is 2.17. The minimum absolute atomic E-state index is 0.258. The van der Waals surface area contributed by atoms with Crippen LogP contribution in [0.2, 0.25) is 0 Å². The molecule has 0 aliphatic heterocycles. The molecule has 2 nitrogen and oxygen atoms in total. The molecule has 2 heteroatoms. The van der Waals surface area contributed by atoms with Gasteiger partial charge >= 0.3 is 0 Å². The number of carbonyl (C=O) groups is 1. The largest absolute Gasteiger partial charge is 0.328 e. The zero-order chi connectivity index (χ0) is 6.69. The third kappa shape index (κ3) is 1.79. The lowest BCUT2D eigenvalue weighted by Crippen LogP contribution is -2.28. The summed E-state index contributed by atoms with van der Waals surface area (Å²) in [7, 11) is 0. The predicted octanol–water partition coefficient (Wildman–Crippen LogP) is 0.703. The highest BCUT2D eigenvalue weighted by atomic mass is 16.1. The smallest absolute Gasteiger partial charge is 0.123 e. The van der Waals surface area contributed by atoms with E-state index < -0.39 is 0 Å². The van der Waals surface area contributed by atoms with E-state index in [1.807, 2.05) is 0 Å². The Bertz CT molecular complexity index is 103. The summed E-state index contributed by atoms with van der Waals surface area (Å²) in [6.45, 7) is 0. The molecule has 0 heterocycles. The molecule has 1 saturated carbocycles. The van der Waals surface area contributed by atoms with Crippen LogP contribution in [0.1, 0.15) is 25.7 Å². The molecule has 1 fully saturated rings. The predicted molar refractivity (Wildman–Crippen MR) is 36.0 cm³/mol. The van der Waals surface area contributed by atoms with E-state index in [1.165, 1.54) is 0 Å². The summed E-state index contributed by atoms with van der Waals surface area (Å²) in [4.78, 5) is 10.2. The van der Waals surface area contributed by atoms with E-state index in [-0.39, 0.29) is 12.0 Å². The molecule has 1 aliphatic carbocycles. The van der Waals surface area contributed by atoms with Gasteiger partial charge in [-0.1, -0.05) is 6.42 Å². The molecule has 52 valence electrons. The first-order valence-corrected chi connectivity index (χ1v) is 3.54. The molecule has 1 aliphatic rings. The summed E-state index contributed by atoms with van der Waals surface area (Å²) in [5.41, 5.74) is 5.64. The van der Waals surface area contributed by atoms with Gasteiger partial charge in [-0.2, -0.15) is 0 Å². The van der Waals surface area contributed by atoms with Crippen LogP contribution < -0.4 is 5.73 Å². The van der Waals surface area contributed by atoms with Crippen molar-refractivity contribution in [2.45, 2.75) is 31.7 Å². The normalized spacial score (nSPS) is 36.1. The SMILES string of the molecule is NC1CCC[C@@H](C=O)C1. The van der Waals surface area contributed by atoms with Crippen LogP contribution in [0.5, 0.6) is 0 Å². The lowest BCUT2D eigenvalue weighted by Gasteiger charge is -2.21. The molecular formula is C7H13NO. The van der Waals surface area contributed by atoms with Crippen LogP contribution in [0.4, 0.5) is 0 Å². The minimum atomic E-state index is 0.258. The van der Waals surface area contributed by atoms with Crippen LogP contribution in [0, 0.1) is 5.92 Å². The van der Waals surface area contributed by atoms with Gasteiger partial charge in [-0.15, -0.1) is 0 Å². The second-order valence-electron chi connectivity index (χ2n) is 2.82. The molecule has 0 bridgehead atoms. The third-order valence-electron chi connectivity index (χ3n) is 1.95. The zero-order valence-corrected chi connectivity index (χ0v) is 5.55. The monoisotopic (exact) mass is 127 g/mol. The molecule has 0 saturated heterocycles. The summed E-state index contributed by atoms with van der Waals surface area (Å²) in [6, 6.07) is 0.286. The van der Waals surface area contributed by atoms with E-state index in [1.54, 1.807) is 0 Å². The molecule has 0 amide bonds. The van der Waals surface area contributed by atoms with Gasteiger partial charge in [0.1, 0.15) is 6.29 Å². The lowest BCUT2D eigenvalue weighted by molar-refractivity contribution is -0.112. The van der Waals surface area contributed by atoms with Crippen molar-refractivity contribution in [3.8, 4) is 0 Å². The van der Waals surface area contributed by atoms with Crippen molar-refractivity contribution in [2.75, 3.05) is 0 Å². The average molecular weight is 127 g/mol. The Labute approximate surface area is 55.4 Å². The molecule has 9 heavy (non-hydrogen) atoms.